The lowest BCUT2D eigenvalue weighted by Gasteiger charge is -2.28. The minimum Gasteiger partial charge on any atom is -0.378 e. The van der Waals surface area contributed by atoms with Crippen LogP contribution in [-0.2, 0) is 4.74 Å². The van der Waals surface area contributed by atoms with E-state index in [1.54, 1.807) is 30.3 Å². The number of benzene rings is 3. The highest BCUT2D eigenvalue weighted by Crippen LogP contribution is 2.30. The number of amides is 1. The van der Waals surface area contributed by atoms with Crippen molar-refractivity contribution in [2.45, 2.75) is 6.92 Å². The lowest BCUT2D eigenvalue weighted by molar-refractivity contribution is -0.384. The molecular weight excluding hydrogens is 530 g/mol. The van der Waals surface area contributed by atoms with Gasteiger partial charge < -0.3 is 15.0 Å². The number of nitro benzene ring substituents is 1. The number of anilines is 2. The molecule has 1 saturated heterocycles. The fraction of sp³-hybridized carbons (Fsp3) is 0.200. The van der Waals surface area contributed by atoms with Crippen molar-refractivity contribution in [2.75, 3.05) is 36.5 Å². The molecule has 0 bridgehead atoms. The first-order chi connectivity index (χ1) is 18.3. The Balaban J connectivity index is 1.28. The molecule has 0 aliphatic carbocycles. The summed E-state index contributed by atoms with van der Waals surface area (Å²) in [6.45, 7) is 3.97. The molecule has 0 radical (unpaired) electrons. The Labute approximate surface area is 227 Å². The number of carbonyl (C=O) groups excluding carboxylic acids is 1. The molecule has 38 heavy (non-hydrogen) atoms. The van der Waals surface area contributed by atoms with E-state index in [1.807, 2.05) is 24.0 Å². The lowest BCUT2D eigenvalue weighted by Crippen LogP contribution is -2.37. The minimum atomic E-state index is -0.567. The molecule has 2 N–H and O–H groups in total. The molecule has 3 aromatic carbocycles. The maximum atomic E-state index is 12.8. The topological polar surface area (TPSA) is 127 Å². The Morgan fingerprint density at radius 1 is 1.08 bits per heavy atom. The van der Waals surface area contributed by atoms with Crippen LogP contribution in [0.5, 0.6) is 0 Å². The number of thiocarbonyl (C=S) groups is 1. The van der Waals surface area contributed by atoms with Crippen LogP contribution in [0.25, 0.3) is 16.7 Å². The molecule has 1 aromatic heterocycles. The number of nitrogens with one attached hydrogen (secondary N) is 2. The van der Waals surface area contributed by atoms with Crippen molar-refractivity contribution in [3.63, 3.8) is 0 Å². The van der Waals surface area contributed by atoms with Gasteiger partial charge in [-0.25, -0.2) is 0 Å². The van der Waals surface area contributed by atoms with Gasteiger partial charge in [-0.3, -0.25) is 20.2 Å². The Morgan fingerprint density at radius 2 is 1.84 bits per heavy atom. The molecule has 4 aromatic rings. The van der Waals surface area contributed by atoms with Crippen molar-refractivity contribution in [3.05, 3.63) is 80.9 Å². The van der Waals surface area contributed by atoms with Gasteiger partial charge in [0, 0.05) is 35.4 Å². The van der Waals surface area contributed by atoms with Crippen molar-refractivity contribution in [1.29, 1.82) is 0 Å². The largest absolute Gasteiger partial charge is 0.378 e. The quantitative estimate of drug-likeness (QED) is 0.212. The van der Waals surface area contributed by atoms with Crippen LogP contribution in [0.15, 0.2) is 54.6 Å². The Bertz CT molecular complexity index is 1570. The Kier molecular flexibility index (Phi) is 7.18. The molecule has 2 heterocycles. The van der Waals surface area contributed by atoms with Gasteiger partial charge in [0.1, 0.15) is 16.7 Å². The average Bonchev–Trinajstić information content (AvgIpc) is 3.33. The third kappa shape index (κ3) is 5.42. The van der Waals surface area contributed by atoms with Gasteiger partial charge in [0.2, 0.25) is 0 Å². The molecular formula is C25H22ClN7O4S. The molecule has 194 valence electrons. The zero-order valence-electron chi connectivity index (χ0n) is 20.2. The fourth-order valence-corrected chi connectivity index (χ4v) is 4.42. The number of nitrogens with zero attached hydrogens (tertiary/aromatic N) is 5. The smallest absolute Gasteiger partial charge is 0.293 e. The van der Waals surface area contributed by atoms with E-state index in [9.17, 15) is 14.9 Å². The first-order valence-electron chi connectivity index (χ1n) is 11.7. The van der Waals surface area contributed by atoms with E-state index in [2.05, 4.69) is 20.8 Å². The van der Waals surface area contributed by atoms with Crippen molar-refractivity contribution >= 4 is 62.9 Å². The number of carbonyl (C=O) groups is 1. The molecule has 13 heteroatoms. The molecule has 1 aliphatic rings. The summed E-state index contributed by atoms with van der Waals surface area (Å²) in [5.74, 6) is -0.567. The third-order valence-electron chi connectivity index (χ3n) is 6.04. The summed E-state index contributed by atoms with van der Waals surface area (Å²) in [4.78, 5) is 27.4. The summed E-state index contributed by atoms with van der Waals surface area (Å²) in [6.07, 6.45) is 0. The van der Waals surface area contributed by atoms with Crippen LogP contribution >= 0.6 is 23.8 Å². The van der Waals surface area contributed by atoms with E-state index in [0.29, 0.717) is 53.7 Å². The SMILES string of the molecule is Cc1ccc(-n2nc3ccc(NC(=S)NC(=O)c4ccc(N5CCOCC5)c([N+](=O)[O-])c4)cc3n2)cc1Cl. The van der Waals surface area contributed by atoms with E-state index < -0.39 is 10.8 Å². The predicted octanol–water partition coefficient (Wildman–Crippen LogP) is 4.25. The maximum absolute atomic E-state index is 12.8. The molecule has 1 fully saturated rings. The van der Waals surface area contributed by atoms with Crippen LogP contribution < -0.4 is 15.5 Å². The van der Waals surface area contributed by atoms with Gasteiger partial charge >= 0.3 is 0 Å². The van der Waals surface area contributed by atoms with Crippen molar-refractivity contribution < 1.29 is 14.5 Å². The number of hydrogen-bond acceptors (Lipinski definition) is 8. The molecule has 1 aliphatic heterocycles. The van der Waals surface area contributed by atoms with Gasteiger partial charge in [0.05, 0.1) is 23.8 Å². The summed E-state index contributed by atoms with van der Waals surface area (Å²) < 4.78 is 5.32. The molecule has 0 atom stereocenters. The normalized spacial score (nSPS) is 13.4. The summed E-state index contributed by atoms with van der Waals surface area (Å²) in [7, 11) is 0. The van der Waals surface area contributed by atoms with Crippen molar-refractivity contribution in [1.82, 2.24) is 20.3 Å². The summed E-state index contributed by atoms with van der Waals surface area (Å²) in [6, 6.07) is 15.2. The highest BCUT2D eigenvalue weighted by Gasteiger charge is 2.23. The molecule has 0 unspecified atom stereocenters. The highest BCUT2D eigenvalue weighted by molar-refractivity contribution is 7.80. The number of nitro groups is 1. The number of hydrogen-bond donors (Lipinski definition) is 2. The van der Waals surface area contributed by atoms with Crippen LogP contribution in [0.3, 0.4) is 0 Å². The van der Waals surface area contributed by atoms with Gasteiger partial charge in [0.15, 0.2) is 5.11 Å². The zero-order valence-corrected chi connectivity index (χ0v) is 21.8. The molecule has 0 saturated carbocycles. The van der Waals surface area contributed by atoms with Crippen LogP contribution in [0.1, 0.15) is 15.9 Å². The molecule has 0 spiro atoms. The van der Waals surface area contributed by atoms with Gasteiger partial charge in [0.25, 0.3) is 11.6 Å². The third-order valence-corrected chi connectivity index (χ3v) is 6.65. The molecule has 11 nitrogen and oxygen atoms in total. The predicted molar refractivity (Wildman–Crippen MR) is 148 cm³/mol. The van der Waals surface area contributed by atoms with Crippen LogP contribution in [-0.4, -0.2) is 57.2 Å². The number of fused-ring (bicyclic) bond motifs is 1. The lowest BCUT2D eigenvalue weighted by atomic mass is 10.1. The van der Waals surface area contributed by atoms with Gasteiger partial charge in [-0.1, -0.05) is 17.7 Å². The number of aryl methyl sites for hydroxylation is 1. The number of rotatable bonds is 5. The van der Waals surface area contributed by atoms with Gasteiger partial charge in [-0.15, -0.1) is 10.2 Å². The Morgan fingerprint density at radius 3 is 2.58 bits per heavy atom. The van der Waals surface area contributed by atoms with Crippen LogP contribution in [0.2, 0.25) is 5.02 Å². The Hall–Kier alpha value is -4.13. The number of ether oxygens (including phenoxy) is 1. The van der Waals surface area contributed by atoms with Gasteiger partial charge in [-0.05, 0) is 67.2 Å². The molecule has 1 amide bonds. The fourth-order valence-electron chi connectivity index (χ4n) is 4.03. The second kappa shape index (κ2) is 10.7. The van der Waals surface area contributed by atoms with E-state index in [4.69, 9.17) is 28.6 Å². The minimum absolute atomic E-state index is 0.0342. The highest BCUT2D eigenvalue weighted by atomic mass is 35.5. The van der Waals surface area contributed by atoms with Crippen molar-refractivity contribution in [3.8, 4) is 5.69 Å². The average molecular weight is 552 g/mol. The van der Waals surface area contributed by atoms with Crippen LogP contribution in [0.4, 0.5) is 17.1 Å². The van der Waals surface area contributed by atoms with Gasteiger partial charge in [-0.2, -0.15) is 4.80 Å². The maximum Gasteiger partial charge on any atom is 0.293 e. The summed E-state index contributed by atoms with van der Waals surface area (Å²) in [5, 5.41) is 26.8. The van der Waals surface area contributed by atoms with E-state index in [0.717, 1.165) is 11.3 Å². The first kappa shape index (κ1) is 25.5. The number of morpholine rings is 1. The second-order valence-electron chi connectivity index (χ2n) is 8.59. The first-order valence-corrected chi connectivity index (χ1v) is 12.4. The molecule has 5 rings (SSSR count). The van der Waals surface area contributed by atoms with Crippen molar-refractivity contribution in [2.24, 2.45) is 0 Å². The van der Waals surface area contributed by atoms with Crippen LogP contribution in [0, 0.1) is 17.0 Å². The number of aromatic nitrogens is 3. The summed E-state index contributed by atoms with van der Waals surface area (Å²) >= 11 is 11.5. The summed E-state index contributed by atoms with van der Waals surface area (Å²) in [5.41, 5.74) is 3.95. The number of halogens is 1. The second-order valence-corrected chi connectivity index (χ2v) is 9.41. The van der Waals surface area contributed by atoms with E-state index >= 15 is 0 Å². The van der Waals surface area contributed by atoms with E-state index in [1.165, 1.54) is 16.9 Å². The standard InChI is InChI=1S/C25H22ClN7O4S/c1-15-2-5-18(14-19(15)26)32-29-20-6-4-17(13-21(20)30-32)27-25(38)28-24(34)16-3-7-22(23(12-16)33(35)36)31-8-10-37-11-9-31/h2-7,12-14H,8-11H2,1H3,(H2,27,28,34,38). The zero-order chi connectivity index (χ0) is 26.8. The van der Waals surface area contributed by atoms with E-state index in [-0.39, 0.29) is 16.4 Å². The monoisotopic (exact) mass is 551 g/mol.